The summed E-state index contributed by atoms with van der Waals surface area (Å²) in [4.78, 5) is 4.64. The van der Waals surface area contributed by atoms with Crippen LogP contribution in [0.4, 0.5) is 5.69 Å². The second-order valence-corrected chi connectivity index (χ2v) is 6.23. The highest BCUT2D eigenvalue weighted by Crippen LogP contribution is 2.46. The highest BCUT2D eigenvalue weighted by atomic mass is 16.5. The first-order valence-corrected chi connectivity index (χ1v) is 8.00. The Morgan fingerprint density at radius 3 is 2.57 bits per heavy atom. The molecule has 114 valence electrons. The van der Waals surface area contributed by atoms with Crippen molar-refractivity contribution < 1.29 is 4.74 Å². The second-order valence-electron chi connectivity index (χ2n) is 6.23. The Morgan fingerprint density at radius 1 is 1.19 bits per heavy atom. The van der Waals surface area contributed by atoms with E-state index in [-0.39, 0.29) is 0 Å². The molecule has 0 aliphatic heterocycles. The lowest BCUT2D eigenvalue weighted by molar-refractivity contribution is 0.318. The van der Waals surface area contributed by atoms with E-state index in [4.69, 9.17) is 10.5 Å². The molecule has 21 heavy (non-hydrogen) atoms. The van der Waals surface area contributed by atoms with E-state index in [1.54, 1.807) is 7.11 Å². The molecule has 1 aromatic carbocycles. The molecular formula is C17H25N3O. The summed E-state index contributed by atoms with van der Waals surface area (Å²) in [5.41, 5.74) is 6.97. The summed E-state index contributed by atoms with van der Waals surface area (Å²) in [7, 11) is 1.66. The van der Waals surface area contributed by atoms with Crippen molar-refractivity contribution in [3.8, 4) is 5.75 Å². The molecule has 3 N–H and O–H groups in total. The van der Waals surface area contributed by atoms with Gasteiger partial charge in [-0.3, -0.25) is 0 Å². The van der Waals surface area contributed by atoms with Gasteiger partial charge in [-0.25, -0.2) is 4.99 Å². The number of nitrogens with two attached hydrogens (primary N) is 1. The number of aliphatic imine (C=N–C) groups is 1. The number of benzene rings is 1. The molecule has 0 saturated heterocycles. The van der Waals surface area contributed by atoms with Crippen molar-refractivity contribution >= 4 is 11.6 Å². The van der Waals surface area contributed by atoms with E-state index in [1.807, 2.05) is 24.3 Å². The Labute approximate surface area is 126 Å². The fraction of sp³-hybridized carbons (Fsp3) is 0.588. The predicted octanol–water partition coefficient (Wildman–Crippen LogP) is 3.39. The van der Waals surface area contributed by atoms with Gasteiger partial charge in [0.15, 0.2) is 5.96 Å². The lowest BCUT2D eigenvalue weighted by Gasteiger charge is -2.21. The highest BCUT2D eigenvalue weighted by Gasteiger charge is 2.43. The number of rotatable bonds is 4. The first kappa shape index (κ1) is 14.2. The average Bonchev–Trinajstić information content (AvgIpc) is 3.28. The van der Waals surface area contributed by atoms with Gasteiger partial charge in [0, 0.05) is 5.69 Å². The summed E-state index contributed by atoms with van der Waals surface area (Å²) in [6, 6.07) is 8.17. The summed E-state index contributed by atoms with van der Waals surface area (Å²) >= 11 is 0. The predicted molar refractivity (Wildman–Crippen MR) is 86.7 cm³/mol. The topological polar surface area (TPSA) is 59.6 Å². The zero-order valence-electron chi connectivity index (χ0n) is 12.7. The van der Waals surface area contributed by atoms with Gasteiger partial charge in [-0.05, 0) is 42.5 Å². The Hall–Kier alpha value is -1.71. The molecule has 2 aliphatic carbocycles. The molecule has 2 atom stereocenters. The van der Waals surface area contributed by atoms with Gasteiger partial charge in [0.05, 0.1) is 13.2 Å². The first-order chi connectivity index (χ1) is 10.3. The third-order valence-corrected chi connectivity index (χ3v) is 4.73. The molecule has 2 aliphatic rings. The zero-order chi connectivity index (χ0) is 14.7. The fourth-order valence-electron chi connectivity index (χ4n) is 3.45. The second kappa shape index (κ2) is 6.37. The third-order valence-electron chi connectivity index (χ3n) is 4.73. The average molecular weight is 287 g/mol. The summed E-state index contributed by atoms with van der Waals surface area (Å²) in [6.07, 6.45) is 8.22. The van der Waals surface area contributed by atoms with Crippen molar-refractivity contribution in [2.24, 2.45) is 22.6 Å². The number of ether oxygens (including phenoxy) is 1. The van der Waals surface area contributed by atoms with Crippen LogP contribution in [0.5, 0.6) is 5.75 Å². The molecule has 0 heterocycles. The molecule has 0 amide bonds. The monoisotopic (exact) mass is 287 g/mol. The Bertz CT molecular complexity index is 491. The third kappa shape index (κ3) is 3.69. The molecule has 0 spiro atoms. The number of guanidine groups is 1. The minimum Gasteiger partial charge on any atom is -0.497 e. The molecule has 0 aromatic heterocycles. The zero-order valence-corrected chi connectivity index (χ0v) is 12.7. The van der Waals surface area contributed by atoms with E-state index in [1.165, 1.54) is 38.5 Å². The van der Waals surface area contributed by atoms with Crippen LogP contribution in [0.3, 0.4) is 0 Å². The molecule has 2 fully saturated rings. The van der Waals surface area contributed by atoms with Crippen LogP contribution in [0.1, 0.15) is 38.5 Å². The van der Waals surface area contributed by atoms with E-state index in [0.29, 0.717) is 12.0 Å². The number of methoxy groups -OCH3 is 1. The number of hydrogen-bond donors (Lipinski definition) is 2. The van der Waals surface area contributed by atoms with Crippen LogP contribution in [0.2, 0.25) is 0 Å². The van der Waals surface area contributed by atoms with Crippen LogP contribution in [0.25, 0.3) is 0 Å². The molecule has 3 rings (SSSR count). The SMILES string of the molecule is COc1ccc(NC(N)=NC2CC2C2CCCCC2)cc1. The lowest BCUT2D eigenvalue weighted by atomic mass is 9.85. The fourth-order valence-corrected chi connectivity index (χ4v) is 3.45. The van der Waals surface area contributed by atoms with Gasteiger partial charge in [0.2, 0.25) is 0 Å². The van der Waals surface area contributed by atoms with Crippen LogP contribution < -0.4 is 15.8 Å². The van der Waals surface area contributed by atoms with Gasteiger partial charge in [-0.2, -0.15) is 0 Å². The van der Waals surface area contributed by atoms with Gasteiger partial charge >= 0.3 is 0 Å². The standard InChI is InChI=1S/C17H25N3O/c1-21-14-9-7-13(8-10-14)19-17(18)20-16-11-15(16)12-5-3-2-4-6-12/h7-10,12,15-16H,2-6,11H2,1H3,(H3,18,19,20). The van der Waals surface area contributed by atoms with Crippen LogP contribution in [0.15, 0.2) is 29.3 Å². The molecule has 4 heteroatoms. The normalized spacial score (nSPS) is 26.4. The number of nitrogens with zero attached hydrogens (tertiary/aromatic N) is 1. The van der Waals surface area contributed by atoms with E-state index in [0.717, 1.165) is 23.3 Å². The molecule has 4 nitrogen and oxygen atoms in total. The maximum atomic E-state index is 6.02. The minimum atomic E-state index is 0.443. The van der Waals surface area contributed by atoms with E-state index in [2.05, 4.69) is 10.3 Å². The Balaban J connectivity index is 1.52. The van der Waals surface area contributed by atoms with Crippen molar-refractivity contribution in [1.82, 2.24) is 0 Å². The summed E-state index contributed by atoms with van der Waals surface area (Å²) < 4.78 is 5.14. The number of nitrogens with one attached hydrogen (secondary N) is 1. The van der Waals surface area contributed by atoms with Crippen LogP contribution in [0, 0.1) is 11.8 Å². The first-order valence-electron chi connectivity index (χ1n) is 8.00. The maximum absolute atomic E-state index is 6.02. The van der Waals surface area contributed by atoms with Crippen LogP contribution >= 0.6 is 0 Å². The van der Waals surface area contributed by atoms with Gasteiger partial charge in [-0.1, -0.05) is 32.1 Å². The van der Waals surface area contributed by atoms with Crippen molar-refractivity contribution in [1.29, 1.82) is 0 Å². The minimum absolute atomic E-state index is 0.443. The quantitative estimate of drug-likeness (QED) is 0.659. The summed E-state index contributed by atoms with van der Waals surface area (Å²) in [5, 5.41) is 3.16. The van der Waals surface area contributed by atoms with Gasteiger partial charge in [0.25, 0.3) is 0 Å². The summed E-state index contributed by atoms with van der Waals surface area (Å²) in [6.45, 7) is 0. The molecule has 2 saturated carbocycles. The van der Waals surface area contributed by atoms with Crippen molar-refractivity contribution in [2.75, 3.05) is 12.4 Å². The smallest absolute Gasteiger partial charge is 0.193 e. The molecule has 0 radical (unpaired) electrons. The van der Waals surface area contributed by atoms with Crippen LogP contribution in [-0.4, -0.2) is 19.1 Å². The van der Waals surface area contributed by atoms with E-state index < -0.39 is 0 Å². The van der Waals surface area contributed by atoms with Gasteiger partial charge < -0.3 is 15.8 Å². The molecule has 2 unspecified atom stereocenters. The number of anilines is 1. The maximum Gasteiger partial charge on any atom is 0.193 e. The highest BCUT2D eigenvalue weighted by molar-refractivity contribution is 5.92. The molecular weight excluding hydrogens is 262 g/mol. The lowest BCUT2D eigenvalue weighted by Crippen LogP contribution is -2.23. The van der Waals surface area contributed by atoms with Crippen LogP contribution in [-0.2, 0) is 0 Å². The van der Waals surface area contributed by atoms with Crippen molar-refractivity contribution in [3.63, 3.8) is 0 Å². The molecule has 0 bridgehead atoms. The molecule has 1 aromatic rings. The Morgan fingerprint density at radius 2 is 1.90 bits per heavy atom. The largest absolute Gasteiger partial charge is 0.497 e. The van der Waals surface area contributed by atoms with Crippen molar-refractivity contribution in [3.05, 3.63) is 24.3 Å². The number of hydrogen-bond acceptors (Lipinski definition) is 2. The summed E-state index contributed by atoms with van der Waals surface area (Å²) in [5.74, 6) is 3.04. The van der Waals surface area contributed by atoms with E-state index in [9.17, 15) is 0 Å². The van der Waals surface area contributed by atoms with Gasteiger partial charge in [0.1, 0.15) is 5.75 Å². The van der Waals surface area contributed by atoms with Crippen molar-refractivity contribution in [2.45, 2.75) is 44.6 Å². The van der Waals surface area contributed by atoms with Gasteiger partial charge in [-0.15, -0.1) is 0 Å². The Kier molecular flexibility index (Phi) is 4.32. The van der Waals surface area contributed by atoms with E-state index >= 15 is 0 Å².